The van der Waals surface area contributed by atoms with Gasteiger partial charge in [-0.2, -0.15) is 0 Å². The summed E-state index contributed by atoms with van der Waals surface area (Å²) in [6.07, 6.45) is 3.33. The molecule has 1 N–H and O–H groups in total. The number of fused-ring (bicyclic) bond motifs is 1. The Bertz CT molecular complexity index is 969. The highest BCUT2D eigenvalue weighted by Crippen LogP contribution is 2.35. The van der Waals surface area contributed by atoms with Crippen molar-refractivity contribution >= 4 is 32.3 Å². The summed E-state index contributed by atoms with van der Waals surface area (Å²) in [6.45, 7) is 0.955. The lowest BCUT2D eigenvalue weighted by Gasteiger charge is -2.43. The highest BCUT2D eigenvalue weighted by Gasteiger charge is 2.38. The molecule has 0 spiro atoms. The Kier molecular flexibility index (Phi) is 4.33. The summed E-state index contributed by atoms with van der Waals surface area (Å²) in [5.41, 5.74) is 0.389. The van der Waals surface area contributed by atoms with E-state index in [4.69, 9.17) is 11.6 Å². The number of aromatic amines is 1. The molecule has 134 valence electrons. The Morgan fingerprint density at radius 1 is 1.32 bits per heavy atom. The molecular formula is C17H20ClN3O3S. The quantitative estimate of drug-likeness (QED) is 0.878. The number of aromatic nitrogens is 2. The molecule has 2 aliphatic rings. The van der Waals surface area contributed by atoms with Crippen LogP contribution in [0, 0.1) is 5.92 Å². The zero-order valence-electron chi connectivity index (χ0n) is 13.7. The molecule has 0 radical (unpaired) electrons. The van der Waals surface area contributed by atoms with E-state index < -0.39 is 9.84 Å². The summed E-state index contributed by atoms with van der Waals surface area (Å²) in [4.78, 5) is 21.8. The van der Waals surface area contributed by atoms with E-state index in [1.54, 1.807) is 18.2 Å². The number of rotatable bonds is 3. The first-order chi connectivity index (χ1) is 11.9. The molecule has 1 aliphatic heterocycles. The van der Waals surface area contributed by atoms with Gasteiger partial charge in [0.25, 0.3) is 5.56 Å². The van der Waals surface area contributed by atoms with Gasteiger partial charge in [-0.05, 0) is 37.0 Å². The van der Waals surface area contributed by atoms with Gasteiger partial charge in [-0.3, -0.25) is 9.69 Å². The van der Waals surface area contributed by atoms with Crippen molar-refractivity contribution in [2.45, 2.75) is 31.8 Å². The van der Waals surface area contributed by atoms with Gasteiger partial charge in [-0.25, -0.2) is 13.4 Å². The molecule has 1 saturated heterocycles. The molecule has 6 nitrogen and oxygen atoms in total. The van der Waals surface area contributed by atoms with Gasteiger partial charge >= 0.3 is 0 Å². The van der Waals surface area contributed by atoms with Crippen molar-refractivity contribution in [3.05, 3.63) is 39.4 Å². The average molecular weight is 382 g/mol. The molecule has 2 fully saturated rings. The Morgan fingerprint density at radius 3 is 2.84 bits per heavy atom. The normalized spacial score (nSPS) is 24.3. The van der Waals surface area contributed by atoms with Crippen LogP contribution < -0.4 is 5.56 Å². The number of halogens is 1. The van der Waals surface area contributed by atoms with Crippen LogP contribution in [0.3, 0.4) is 0 Å². The van der Waals surface area contributed by atoms with Crippen molar-refractivity contribution in [2.24, 2.45) is 5.92 Å². The van der Waals surface area contributed by atoms with Crippen molar-refractivity contribution < 1.29 is 8.42 Å². The van der Waals surface area contributed by atoms with Crippen LogP contribution >= 0.6 is 11.6 Å². The second kappa shape index (κ2) is 6.37. The van der Waals surface area contributed by atoms with Crippen LogP contribution in [0.25, 0.3) is 10.9 Å². The van der Waals surface area contributed by atoms with Crippen molar-refractivity contribution in [2.75, 3.05) is 18.1 Å². The lowest BCUT2D eigenvalue weighted by atomic mass is 9.79. The third-order valence-corrected chi connectivity index (χ3v) is 7.24. The second-order valence-corrected chi connectivity index (χ2v) is 9.68. The van der Waals surface area contributed by atoms with E-state index in [-0.39, 0.29) is 23.1 Å². The molecule has 1 atom stereocenters. The lowest BCUT2D eigenvalue weighted by Crippen LogP contribution is -2.53. The lowest BCUT2D eigenvalue weighted by molar-refractivity contribution is 0.101. The zero-order valence-corrected chi connectivity index (χ0v) is 15.3. The van der Waals surface area contributed by atoms with Crippen LogP contribution in [-0.2, 0) is 16.4 Å². The van der Waals surface area contributed by atoms with Crippen molar-refractivity contribution in [3.8, 4) is 0 Å². The fraction of sp³-hybridized carbons (Fsp3) is 0.529. The summed E-state index contributed by atoms with van der Waals surface area (Å²) >= 11 is 5.94. The van der Waals surface area contributed by atoms with Crippen LogP contribution in [0.5, 0.6) is 0 Å². The summed E-state index contributed by atoms with van der Waals surface area (Å²) in [5.74, 6) is 1.39. The van der Waals surface area contributed by atoms with Gasteiger partial charge in [-0.15, -0.1) is 0 Å². The number of benzene rings is 1. The van der Waals surface area contributed by atoms with E-state index in [1.165, 1.54) is 6.42 Å². The Hall–Kier alpha value is -1.44. The van der Waals surface area contributed by atoms with Gasteiger partial charge in [-0.1, -0.05) is 18.0 Å². The van der Waals surface area contributed by atoms with Crippen LogP contribution in [-0.4, -0.2) is 47.4 Å². The van der Waals surface area contributed by atoms with Crippen molar-refractivity contribution in [1.82, 2.24) is 14.9 Å². The molecule has 1 aliphatic carbocycles. The van der Waals surface area contributed by atoms with Gasteiger partial charge in [0.2, 0.25) is 0 Å². The Morgan fingerprint density at radius 2 is 2.12 bits per heavy atom. The second-order valence-electron chi connectivity index (χ2n) is 7.02. The highest BCUT2D eigenvalue weighted by atomic mass is 35.5. The van der Waals surface area contributed by atoms with Crippen molar-refractivity contribution in [1.29, 1.82) is 0 Å². The molecule has 2 aromatic rings. The van der Waals surface area contributed by atoms with E-state index in [0.717, 1.165) is 12.8 Å². The topological polar surface area (TPSA) is 83.1 Å². The van der Waals surface area contributed by atoms with Crippen LogP contribution in [0.2, 0.25) is 5.02 Å². The molecule has 1 unspecified atom stereocenters. The molecule has 25 heavy (non-hydrogen) atoms. The predicted molar refractivity (Wildman–Crippen MR) is 97.6 cm³/mol. The average Bonchev–Trinajstić information content (AvgIpc) is 2.49. The van der Waals surface area contributed by atoms with Crippen LogP contribution in [0.1, 0.15) is 25.1 Å². The molecule has 1 aromatic heterocycles. The SMILES string of the molecule is O=c1[nH]c(CN2CCS(=O)(=O)CC2C2CCC2)nc2ccc(Cl)cc12. The molecular weight excluding hydrogens is 362 g/mol. The molecule has 2 heterocycles. The minimum Gasteiger partial charge on any atom is -0.309 e. The smallest absolute Gasteiger partial charge is 0.258 e. The van der Waals surface area contributed by atoms with Gasteiger partial charge < -0.3 is 4.98 Å². The van der Waals surface area contributed by atoms with E-state index in [0.29, 0.717) is 40.8 Å². The highest BCUT2D eigenvalue weighted by molar-refractivity contribution is 7.91. The molecule has 1 saturated carbocycles. The molecule has 4 rings (SSSR count). The third-order valence-electron chi connectivity index (χ3n) is 5.35. The number of H-pyrrole nitrogens is 1. The summed E-state index contributed by atoms with van der Waals surface area (Å²) < 4.78 is 24.1. The van der Waals surface area contributed by atoms with Crippen LogP contribution in [0.4, 0.5) is 0 Å². The van der Waals surface area contributed by atoms with Gasteiger partial charge in [0.05, 0.1) is 29.0 Å². The number of nitrogens with one attached hydrogen (secondary N) is 1. The minimum atomic E-state index is -2.97. The molecule has 0 amide bonds. The van der Waals surface area contributed by atoms with Gasteiger partial charge in [0, 0.05) is 17.6 Å². The van der Waals surface area contributed by atoms with E-state index >= 15 is 0 Å². The number of nitrogens with zero attached hydrogens (tertiary/aromatic N) is 2. The standard InChI is InChI=1S/C17H20ClN3O3S/c18-12-4-5-14-13(8-12)17(22)20-16(19-14)9-21-6-7-25(23,24)10-15(21)11-2-1-3-11/h4-5,8,11,15H,1-3,6-7,9-10H2,(H,19,20,22). The van der Waals surface area contributed by atoms with Crippen LogP contribution in [0.15, 0.2) is 23.0 Å². The maximum Gasteiger partial charge on any atom is 0.258 e. The summed E-state index contributed by atoms with van der Waals surface area (Å²) in [6, 6.07) is 5.08. The fourth-order valence-corrected chi connectivity index (χ4v) is 5.61. The summed E-state index contributed by atoms with van der Waals surface area (Å²) in [7, 11) is -2.97. The molecule has 0 bridgehead atoms. The molecule has 8 heteroatoms. The maximum atomic E-state index is 12.3. The minimum absolute atomic E-state index is 0.0266. The zero-order chi connectivity index (χ0) is 17.6. The maximum absolute atomic E-state index is 12.3. The first kappa shape index (κ1) is 17.0. The Labute approximate surface area is 151 Å². The van der Waals surface area contributed by atoms with E-state index in [9.17, 15) is 13.2 Å². The largest absolute Gasteiger partial charge is 0.309 e. The Balaban J connectivity index is 1.63. The first-order valence-electron chi connectivity index (χ1n) is 8.54. The number of hydrogen-bond donors (Lipinski definition) is 1. The van der Waals surface area contributed by atoms with E-state index in [1.807, 2.05) is 0 Å². The summed E-state index contributed by atoms with van der Waals surface area (Å²) in [5, 5.41) is 0.965. The monoisotopic (exact) mass is 381 g/mol. The van der Waals surface area contributed by atoms with E-state index in [2.05, 4.69) is 14.9 Å². The van der Waals surface area contributed by atoms with Crippen molar-refractivity contribution in [3.63, 3.8) is 0 Å². The number of hydrogen-bond acceptors (Lipinski definition) is 5. The number of sulfone groups is 1. The molecule has 1 aromatic carbocycles. The van der Waals surface area contributed by atoms with Gasteiger partial charge in [0.1, 0.15) is 5.82 Å². The first-order valence-corrected chi connectivity index (χ1v) is 10.7. The fourth-order valence-electron chi connectivity index (χ4n) is 3.75. The predicted octanol–water partition coefficient (Wildman–Crippen LogP) is 1.98. The third kappa shape index (κ3) is 3.45. The van der Waals surface area contributed by atoms with Gasteiger partial charge in [0.15, 0.2) is 9.84 Å².